The molecule has 1 aliphatic rings. The Hall–Kier alpha value is -1.91. The summed E-state index contributed by atoms with van der Waals surface area (Å²) in [6, 6.07) is 3.66. The van der Waals surface area contributed by atoms with Crippen molar-refractivity contribution in [3.63, 3.8) is 0 Å². The van der Waals surface area contributed by atoms with Gasteiger partial charge in [-0.3, -0.25) is 4.79 Å². The largest absolute Gasteiger partial charge is 0.493 e. The summed E-state index contributed by atoms with van der Waals surface area (Å²) in [5, 5.41) is 3.24. The van der Waals surface area contributed by atoms with Gasteiger partial charge in [0.2, 0.25) is 5.75 Å². The van der Waals surface area contributed by atoms with Crippen molar-refractivity contribution in [2.45, 2.75) is 76.7 Å². The van der Waals surface area contributed by atoms with Crippen LogP contribution in [0, 0.1) is 0 Å². The molecule has 1 fully saturated rings. The fraction of sp³-hybridized carbons (Fsp3) is 0.682. The number of hydrogen-bond acceptors (Lipinski definition) is 4. The lowest BCUT2D eigenvalue weighted by Crippen LogP contribution is -2.35. The molecule has 1 saturated carbocycles. The molecule has 0 unspecified atom stereocenters. The van der Waals surface area contributed by atoms with Crippen LogP contribution in [-0.4, -0.2) is 33.3 Å². The molecule has 1 N–H and O–H groups in total. The molecule has 0 aliphatic heterocycles. The van der Waals surface area contributed by atoms with Crippen LogP contribution in [0.2, 0.25) is 0 Å². The van der Waals surface area contributed by atoms with E-state index in [4.69, 9.17) is 14.2 Å². The van der Waals surface area contributed by atoms with Crippen molar-refractivity contribution >= 4 is 5.91 Å². The molecule has 0 radical (unpaired) electrons. The Morgan fingerprint density at radius 2 is 1.22 bits per heavy atom. The monoisotopic (exact) mass is 377 g/mol. The van der Waals surface area contributed by atoms with E-state index < -0.39 is 0 Å². The number of methoxy groups -OCH3 is 3. The molecule has 5 heteroatoms. The van der Waals surface area contributed by atoms with E-state index in [1.165, 1.54) is 57.8 Å². The van der Waals surface area contributed by atoms with Crippen LogP contribution in [0.4, 0.5) is 0 Å². The second-order valence-electron chi connectivity index (χ2n) is 7.34. The molecule has 1 aliphatic carbocycles. The fourth-order valence-corrected chi connectivity index (χ4v) is 3.79. The van der Waals surface area contributed by atoms with Crippen molar-refractivity contribution in [1.82, 2.24) is 5.32 Å². The van der Waals surface area contributed by atoms with Gasteiger partial charge in [-0.2, -0.15) is 0 Å². The molecule has 2 rings (SSSR count). The number of nitrogens with one attached hydrogen (secondary N) is 1. The minimum Gasteiger partial charge on any atom is -0.493 e. The Bertz CT molecular complexity index is 551. The van der Waals surface area contributed by atoms with Crippen LogP contribution in [0.1, 0.15) is 81.0 Å². The highest BCUT2D eigenvalue weighted by Crippen LogP contribution is 2.38. The van der Waals surface area contributed by atoms with E-state index in [1.807, 2.05) is 0 Å². The predicted molar refractivity (Wildman–Crippen MR) is 108 cm³/mol. The van der Waals surface area contributed by atoms with Gasteiger partial charge < -0.3 is 19.5 Å². The highest BCUT2D eigenvalue weighted by molar-refractivity contribution is 5.95. The molecule has 0 atom stereocenters. The first-order valence-corrected chi connectivity index (χ1v) is 10.3. The number of ether oxygens (including phenoxy) is 3. The van der Waals surface area contributed by atoms with Gasteiger partial charge in [-0.25, -0.2) is 0 Å². The lowest BCUT2D eigenvalue weighted by molar-refractivity contribution is 0.0930. The molecule has 27 heavy (non-hydrogen) atoms. The number of benzene rings is 1. The third kappa shape index (κ3) is 6.64. The van der Waals surface area contributed by atoms with E-state index in [1.54, 1.807) is 33.5 Å². The Morgan fingerprint density at radius 1 is 0.778 bits per heavy atom. The first kappa shape index (κ1) is 21.4. The highest BCUT2D eigenvalue weighted by atomic mass is 16.5. The molecule has 152 valence electrons. The molecule has 0 heterocycles. The molecule has 0 saturated heterocycles. The van der Waals surface area contributed by atoms with Gasteiger partial charge in [-0.1, -0.05) is 57.8 Å². The molecule has 0 bridgehead atoms. The maximum absolute atomic E-state index is 12.9. The zero-order valence-corrected chi connectivity index (χ0v) is 17.1. The second-order valence-corrected chi connectivity index (χ2v) is 7.34. The SMILES string of the molecule is COc1cc(C(=O)NC2CCCCCCCCCCC2)cc(OC)c1OC. The van der Waals surface area contributed by atoms with Gasteiger partial charge in [0, 0.05) is 11.6 Å². The van der Waals surface area contributed by atoms with Crippen molar-refractivity contribution in [1.29, 1.82) is 0 Å². The van der Waals surface area contributed by atoms with Gasteiger partial charge in [0.05, 0.1) is 21.3 Å². The minimum absolute atomic E-state index is 0.0775. The fourth-order valence-electron chi connectivity index (χ4n) is 3.79. The summed E-state index contributed by atoms with van der Waals surface area (Å²) in [4.78, 5) is 12.9. The van der Waals surface area contributed by atoms with Gasteiger partial charge in [0.1, 0.15) is 0 Å². The van der Waals surface area contributed by atoms with Crippen molar-refractivity contribution in [3.05, 3.63) is 17.7 Å². The van der Waals surface area contributed by atoms with Crippen LogP contribution in [-0.2, 0) is 0 Å². The quantitative estimate of drug-likeness (QED) is 0.774. The second kappa shape index (κ2) is 11.7. The Balaban J connectivity index is 2.06. The van der Waals surface area contributed by atoms with Gasteiger partial charge >= 0.3 is 0 Å². The van der Waals surface area contributed by atoms with Gasteiger partial charge in [0.15, 0.2) is 11.5 Å². The van der Waals surface area contributed by atoms with Crippen molar-refractivity contribution in [3.8, 4) is 17.2 Å². The number of carbonyl (C=O) groups excluding carboxylic acids is 1. The van der Waals surface area contributed by atoms with Crippen LogP contribution in [0.15, 0.2) is 12.1 Å². The number of hydrogen-bond donors (Lipinski definition) is 1. The lowest BCUT2D eigenvalue weighted by Gasteiger charge is -2.20. The standard InChI is InChI=1S/C22H35NO4/c1-25-19-15-17(16-20(26-2)21(19)27-3)22(24)23-18-13-11-9-7-5-4-6-8-10-12-14-18/h15-16,18H,4-14H2,1-3H3,(H,23,24). The van der Waals surface area contributed by atoms with E-state index in [-0.39, 0.29) is 11.9 Å². The predicted octanol–water partition coefficient (Wildman–Crippen LogP) is 5.12. The Kier molecular flexibility index (Phi) is 9.29. The first-order valence-electron chi connectivity index (χ1n) is 10.3. The highest BCUT2D eigenvalue weighted by Gasteiger charge is 2.19. The maximum Gasteiger partial charge on any atom is 0.251 e. The topological polar surface area (TPSA) is 56.8 Å². The summed E-state index contributed by atoms with van der Waals surface area (Å²) in [5.74, 6) is 1.43. The summed E-state index contributed by atoms with van der Waals surface area (Å²) < 4.78 is 16.1. The molecule has 5 nitrogen and oxygen atoms in total. The molecular formula is C22H35NO4. The van der Waals surface area contributed by atoms with Crippen LogP contribution in [0.3, 0.4) is 0 Å². The van der Waals surface area contributed by atoms with E-state index in [0.717, 1.165) is 12.8 Å². The third-order valence-electron chi connectivity index (χ3n) is 5.37. The smallest absolute Gasteiger partial charge is 0.251 e. The number of amides is 1. The summed E-state index contributed by atoms with van der Waals surface area (Å²) in [5.41, 5.74) is 0.538. The molecular weight excluding hydrogens is 342 g/mol. The van der Waals surface area contributed by atoms with Crippen molar-refractivity contribution in [2.75, 3.05) is 21.3 Å². The molecule has 1 aromatic carbocycles. The van der Waals surface area contributed by atoms with Crippen LogP contribution in [0.25, 0.3) is 0 Å². The summed E-state index contributed by atoms with van der Waals surface area (Å²) in [6.07, 6.45) is 13.7. The molecule has 0 spiro atoms. The van der Waals surface area contributed by atoms with Crippen LogP contribution in [0.5, 0.6) is 17.2 Å². The van der Waals surface area contributed by atoms with Crippen molar-refractivity contribution in [2.24, 2.45) is 0 Å². The van der Waals surface area contributed by atoms with Crippen LogP contribution < -0.4 is 19.5 Å². The first-order chi connectivity index (χ1) is 13.2. The molecule has 1 amide bonds. The van der Waals surface area contributed by atoms with Gasteiger partial charge in [-0.05, 0) is 25.0 Å². The van der Waals surface area contributed by atoms with E-state index >= 15 is 0 Å². The zero-order valence-electron chi connectivity index (χ0n) is 17.1. The Morgan fingerprint density at radius 3 is 1.63 bits per heavy atom. The molecule has 1 aromatic rings. The van der Waals surface area contributed by atoms with Gasteiger partial charge in [-0.15, -0.1) is 0 Å². The Labute approximate surface area is 163 Å². The van der Waals surface area contributed by atoms with E-state index in [2.05, 4.69) is 5.32 Å². The number of rotatable bonds is 5. The zero-order chi connectivity index (χ0) is 19.5. The summed E-state index contributed by atoms with van der Waals surface area (Å²) in [7, 11) is 4.68. The normalized spacial score (nSPS) is 17.3. The number of carbonyl (C=O) groups is 1. The van der Waals surface area contributed by atoms with E-state index in [9.17, 15) is 4.79 Å². The maximum atomic E-state index is 12.9. The summed E-state index contributed by atoms with van der Waals surface area (Å²) in [6.45, 7) is 0. The minimum atomic E-state index is -0.0775. The molecule has 0 aromatic heterocycles. The van der Waals surface area contributed by atoms with Crippen LogP contribution >= 0.6 is 0 Å². The third-order valence-corrected chi connectivity index (χ3v) is 5.37. The summed E-state index contributed by atoms with van der Waals surface area (Å²) >= 11 is 0. The average Bonchev–Trinajstić information content (AvgIpc) is 2.68. The van der Waals surface area contributed by atoms with E-state index in [0.29, 0.717) is 22.8 Å². The average molecular weight is 378 g/mol. The lowest BCUT2D eigenvalue weighted by atomic mass is 9.97. The van der Waals surface area contributed by atoms with Crippen molar-refractivity contribution < 1.29 is 19.0 Å². The van der Waals surface area contributed by atoms with Gasteiger partial charge in [0.25, 0.3) is 5.91 Å².